The fraction of sp³-hybridized carbons (Fsp3) is 0.0714. The number of rotatable bonds is 3. The van der Waals surface area contributed by atoms with Crippen molar-refractivity contribution in [2.75, 3.05) is 7.11 Å². The van der Waals surface area contributed by atoms with Crippen molar-refractivity contribution in [3.8, 4) is 5.75 Å². The van der Waals surface area contributed by atoms with Crippen molar-refractivity contribution in [3.05, 3.63) is 60.6 Å². The lowest BCUT2D eigenvalue weighted by molar-refractivity contribution is 0.103. The zero-order valence-corrected chi connectivity index (χ0v) is 14.4. The van der Waals surface area contributed by atoms with Gasteiger partial charge in [0, 0.05) is 19.2 Å². The third kappa shape index (κ3) is 3.30. The summed E-state index contributed by atoms with van der Waals surface area (Å²) in [5.74, 6) is 0.481. The van der Waals surface area contributed by atoms with Crippen molar-refractivity contribution in [1.29, 1.82) is 0 Å². The number of hydrogen-bond donors (Lipinski definition) is 0. The summed E-state index contributed by atoms with van der Waals surface area (Å²) in [6, 6.07) is 10.7. The van der Waals surface area contributed by atoms with Gasteiger partial charge in [0.2, 0.25) is 0 Å². The van der Waals surface area contributed by atoms with Crippen molar-refractivity contribution in [3.63, 3.8) is 0 Å². The molecule has 0 saturated carbocycles. The van der Waals surface area contributed by atoms with Crippen molar-refractivity contribution in [2.45, 2.75) is 0 Å². The van der Waals surface area contributed by atoms with Crippen LogP contribution in [0.25, 0.3) is 0 Å². The van der Waals surface area contributed by atoms with Crippen molar-refractivity contribution >= 4 is 55.9 Å². The first-order chi connectivity index (χ1) is 9.02. The largest absolute Gasteiger partial charge is 0.495 e. The van der Waals surface area contributed by atoms with Gasteiger partial charge in [-0.1, -0.05) is 27.5 Å². The maximum Gasteiger partial charge on any atom is 0.194 e. The van der Waals surface area contributed by atoms with Crippen LogP contribution in [0.4, 0.5) is 0 Å². The summed E-state index contributed by atoms with van der Waals surface area (Å²) in [4.78, 5) is 12.4. The maximum absolute atomic E-state index is 12.4. The predicted molar refractivity (Wildman–Crippen MR) is 88.3 cm³/mol. The number of carbonyl (C=O) groups excluding carboxylic acids is 1. The average Bonchev–Trinajstić information content (AvgIpc) is 2.40. The lowest BCUT2D eigenvalue weighted by atomic mass is 10.0. The molecule has 2 rings (SSSR count). The molecule has 0 unspecified atom stereocenters. The molecule has 19 heavy (non-hydrogen) atoms. The fourth-order valence-electron chi connectivity index (χ4n) is 1.63. The normalized spacial score (nSPS) is 10.3. The summed E-state index contributed by atoms with van der Waals surface area (Å²) in [6.45, 7) is 0. The van der Waals surface area contributed by atoms with Crippen LogP contribution >= 0.6 is 50.1 Å². The number of carbonyl (C=O) groups is 1. The van der Waals surface area contributed by atoms with Gasteiger partial charge in [-0.15, -0.1) is 0 Å². The minimum Gasteiger partial charge on any atom is -0.495 e. The molecule has 0 bridgehead atoms. The van der Waals surface area contributed by atoms with Crippen LogP contribution in [0.15, 0.2) is 40.9 Å². The summed E-state index contributed by atoms with van der Waals surface area (Å²) < 4.78 is 6.85. The molecule has 0 aliphatic heterocycles. The van der Waals surface area contributed by atoms with Crippen molar-refractivity contribution in [1.82, 2.24) is 0 Å². The van der Waals surface area contributed by atoms with Crippen LogP contribution in [-0.4, -0.2) is 12.9 Å². The first-order valence-corrected chi connectivity index (χ1v) is 7.61. The van der Waals surface area contributed by atoms with Crippen LogP contribution in [0.5, 0.6) is 5.75 Å². The van der Waals surface area contributed by atoms with E-state index < -0.39 is 0 Å². The van der Waals surface area contributed by atoms with Crippen LogP contribution in [0.3, 0.4) is 0 Å². The molecule has 0 saturated heterocycles. The Morgan fingerprint density at radius 3 is 2.63 bits per heavy atom. The zero-order valence-electron chi connectivity index (χ0n) is 9.91. The van der Waals surface area contributed by atoms with Gasteiger partial charge in [-0.2, -0.15) is 0 Å². The van der Waals surface area contributed by atoms with Gasteiger partial charge in [-0.25, -0.2) is 0 Å². The molecule has 0 heterocycles. The third-order valence-corrected chi connectivity index (χ3v) is 4.24. The minimum absolute atomic E-state index is 0.0741. The molecule has 0 fully saturated rings. The first-order valence-electron chi connectivity index (χ1n) is 5.36. The second-order valence-electron chi connectivity index (χ2n) is 3.80. The van der Waals surface area contributed by atoms with E-state index in [9.17, 15) is 4.79 Å². The number of ether oxygens (including phenoxy) is 1. The second kappa shape index (κ2) is 6.24. The van der Waals surface area contributed by atoms with Gasteiger partial charge in [0.1, 0.15) is 5.75 Å². The molecule has 0 aliphatic carbocycles. The maximum atomic E-state index is 12.4. The number of ketones is 1. The molecule has 98 valence electrons. The van der Waals surface area contributed by atoms with Gasteiger partial charge in [-0.05, 0) is 59.0 Å². The molecular formula is C14H9BrClIO2. The van der Waals surface area contributed by atoms with Gasteiger partial charge in [-0.3, -0.25) is 4.79 Å². The van der Waals surface area contributed by atoms with Gasteiger partial charge < -0.3 is 4.74 Å². The van der Waals surface area contributed by atoms with E-state index in [1.165, 1.54) is 0 Å². The van der Waals surface area contributed by atoms with Gasteiger partial charge in [0.05, 0.1) is 12.1 Å². The highest BCUT2D eigenvalue weighted by Gasteiger charge is 2.14. The Hall–Kier alpha value is -0.590. The summed E-state index contributed by atoms with van der Waals surface area (Å²) in [7, 11) is 1.54. The zero-order chi connectivity index (χ0) is 14.0. The molecule has 2 aromatic carbocycles. The van der Waals surface area contributed by atoms with E-state index in [-0.39, 0.29) is 5.78 Å². The van der Waals surface area contributed by atoms with Gasteiger partial charge >= 0.3 is 0 Å². The van der Waals surface area contributed by atoms with E-state index in [2.05, 4.69) is 38.5 Å². The SMILES string of the molecule is COc1ccc(C(=O)c2cc(I)ccc2Br)cc1Cl. The third-order valence-electron chi connectivity index (χ3n) is 2.59. The van der Waals surface area contributed by atoms with E-state index in [0.717, 1.165) is 8.04 Å². The topological polar surface area (TPSA) is 26.3 Å². The van der Waals surface area contributed by atoms with Crippen molar-refractivity contribution in [2.24, 2.45) is 0 Å². The van der Waals surface area contributed by atoms with Crippen LogP contribution in [0.1, 0.15) is 15.9 Å². The summed E-state index contributed by atoms with van der Waals surface area (Å²) in [6.07, 6.45) is 0. The van der Waals surface area contributed by atoms with E-state index in [0.29, 0.717) is 21.9 Å². The first kappa shape index (κ1) is 14.8. The van der Waals surface area contributed by atoms with E-state index in [1.807, 2.05) is 18.2 Å². The van der Waals surface area contributed by atoms with E-state index in [4.69, 9.17) is 16.3 Å². The van der Waals surface area contributed by atoms with Crippen LogP contribution < -0.4 is 4.74 Å². The van der Waals surface area contributed by atoms with Gasteiger partial charge in [0.25, 0.3) is 0 Å². The molecule has 0 radical (unpaired) electrons. The minimum atomic E-state index is -0.0741. The van der Waals surface area contributed by atoms with Crippen LogP contribution in [0, 0.1) is 3.57 Å². The molecule has 0 aliphatic rings. The Morgan fingerprint density at radius 2 is 2.00 bits per heavy atom. The second-order valence-corrected chi connectivity index (χ2v) is 6.31. The molecule has 0 atom stereocenters. The predicted octanol–water partition coefficient (Wildman–Crippen LogP) is 4.95. The number of halogens is 3. The molecule has 2 nitrogen and oxygen atoms in total. The smallest absolute Gasteiger partial charge is 0.194 e. The highest BCUT2D eigenvalue weighted by Crippen LogP contribution is 2.28. The Balaban J connectivity index is 2.44. The molecule has 0 amide bonds. The standard InChI is InChI=1S/C14H9BrClIO2/c1-19-13-5-2-8(6-12(13)16)14(18)10-7-9(17)3-4-11(10)15/h2-7H,1H3. The molecule has 0 N–H and O–H groups in total. The average molecular weight is 451 g/mol. The fourth-order valence-corrected chi connectivity index (χ4v) is 2.81. The van der Waals surface area contributed by atoms with Gasteiger partial charge in [0.15, 0.2) is 5.78 Å². The molecular weight excluding hydrogens is 442 g/mol. The molecule has 0 aromatic heterocycles. The summed E-state index contributed by atoms with van der Waals surface area (Å²) >= 11 is 11.6. The Bertz CT molecular complexity index is 643. The Kier molecular flexibility index (Phi) is 4.86. The quantitative estimate of drug-likeness (QED) is 0.488. The Labute approximate surface area is 138 Å². The monoisotopic (exact) mass is 450 g/mol. The van der Waals surface area contributed by atoms with Crippen molar-refractivity contribution < 1.29 is 9.53 Å². The van der Waals surface area contributed by atoms with Crippen LogP contribution in [0.2, 0.25) is 5.02 Å². The molecule has 0 spiro atoms. The van der Waals surface area contributed by atoms with E-state index in [1.54, 1.807) is 25.3 Å². The Morgan fingerprint density at radius 1 is 1.26 bits per heavy atom. The molecule has 5 heteroatoms. The highest BCUT2D eigenvalue weighted by molar-refractivity contribution is 14.1. The van der Waals surface area contributed by atoms with E-state index >= 15 is 0 Å². The lowest BCUT2D eigenvalue weighted by Crippen LogP contribution is -2.03. The number of benzene rings is 2. The molecule has 2 aromatic rings. The highest BCUT2D eigenvalue weighted by atomic mass is 127. The number of methoxy groups -OCH3 is 1. The number of hydrogen-bond acceptors (Lipinski definition) is 2. The van der Waals surface area contributed by atoms with Crippen LogP contribution in [-0.2, 0) is 0 Å². The lowest BCUT2D eigenvalue weighted by Gasteiger charge is -2.07. The summed E-state index contributed by atoms with van der Waals surface area (Å²) in [5.41, 5.74) is 1.15. The summed E-state index contributed by atoms with van der Waals surface area (Å²) in [5, 5.41) is 0.426.